The van der Waals surface area contributed by atoms with Gasteiger partial charge in [-0.3, -0.25) is 0 Å². The van der Waals surface area contributed by atoms with Crippen molar-refractivity contribution in [3.05, 3.63) is 51.5 Å². The molecule has 1 N–H and O–H groups in total. The van der Waals surface area contributed by atoms with Gasteiger partial charge in [-0.1, -0.05) is 22.9 Å². The predicted octanol–water partition coefficient (Wildman–Crippen LogP) is 5.73. The summed E-state index contributed by atoms with van der Waals surface area (Å²) in [4.78, 5) is 4.32. The van der Waals surface area contributed by atoms with Gasteiger partial charge in [0, 0.05) is 4.47 Å². The molecule has 20 heavy (non-hydrogen) atoms. The molecule has 0 atom stereocenters. The van der Waals surface area contributed by atoms with Crippen molar-refractivity contribution in [1.82, 2.24) is 4.98 Å². The second kappa shape index (κ2) is 5.27. The number of hydrogen-bond donors (Lipinski definition) is 1. The molecule has 0 bridgehead atoms. The number of benzene rings is 2. The van der Waals surface area contributed by atoms with E-state index in [4.69, 9.17) is 11.6 Å². The number of thiazole rings is 1. The van der Waals surface area contributed by atoms with Crippen molar-refractivity contribution in [2.45, 2.75) is 0 Å². The molecule has 0 unspecified atom stereocenters. The molecule has 0 aliphatic rings. The average molecular weight is 376 g/mol. The quantitative estimate of drug-likeness (QED) is 0.618. The second-order valence-corrected chi connectivity index (χ2v) is 6.29. The van der Waals surface area contributed by atoms with Crippen molar-refractivity contribution < 1.29 is 8.78 Å². The molecule has 2 nitrogen and oxygen atoms in total. The van der Waals surface area contributed by atoms with Crippen molar-refractivity contribution in [3.63, 3.8) is 0 Å². The highest BCUT2D eigenvalue weighted by atomic mass is 79.9. The highest BCUT2D eigenvalue weighted by Gasteiger charge is 2.11. The van der Waals surface area contributed by atoms with Gasteiger partial charge >= 0.3 is 0 Å². The molecule has 1 aromatic heterocycles. The summed E-state index contributed by atoms with van der Waals surface area (Å²) in [5.41, 5.74) is 1.21. The Hall–Kier alpha value is -1.24. The summed E-state index contributed by atoms with van der Waals surface area (Å²) >= 11 is 10.5. The third kappa shape index (κ3) is 2.63. The molecule has 0 spiro atoms. The van der Waals surface area contributed by atoms with Crippen LogP contribution in [0.2, 0.25) is 5.02 Å². The van der Waals surface area contributed by atoms with Gasteiger partial charge in [0.15, 0.2) is 5.13 Å². The van der Waals surface area contributed by atoms with Crippen LogP contribution in [-0.2, 0) is 0 Å². The maximum atomic E-state index is 13.2. The molecule has 0 saturated heterocycles. The van der Waals surface area contributed by atoms with Crippen LogP contribution in [-0.4, -0.2) is 4.98 Å². The van der Waals surface area contributed by atoms with E-state index in [9.17, 15) is 8.78 Å². The standard InChI is InChI=1S/C13H6BrClF2N2S/c14-8-3-7(17)4-9(15)12(8)19-13-18-10-2-1-6(16)5-11(10)20-13/h1-5H,(H,18,19). The number of nitrogens with one attached hydrogen (secondary N) is 1. The maximum Gasteiger partial charge on any atom is 0.188 e. The minimum absolute atomic E-state index is 0.238. The molecular weight excluding hydrogens is 370 g/mol. The van der Waals surface area contributed by atoms with Crippen LogP contribution >= 0.6 is 38.9 Å². The summed E-state index contributed by atoms with van der Waals surface area (Å²) in [6, 6.07) is 6.89. The second-order valence-electron chi connectivity index (χ2n) is 4.00. The fourth-order valence-corrected chi connectivity index (χ4v) is 3.51. The van der Waals surface area contributed by atoms with E-state index in [0.29, 0.717) is 20.8 Å². The summed E-state index contributed by atoms with van der Waals surface area (Å²) in [5, 5.41) is 3.81. The fourth-order valence-electron chi connectivity index (χ4n) is 1.72. The third-order valence-corrected chi connectivity index (χ3v) is 4.45. The lowest BCUT2D eigenvalue weighted by Crippen LogP contribution is -1.92. The van der Waals surface area contributed by atoms with Crippen LogP contribution in [0.3, 0.4) is 0 Å². The average Bonchev–Trinajstić information content (AvgIpc) is 2.75. The van der Waals surface area contributed by atoms with Gasteiger partial charge in [-0.2, -0.15) is 0 Å². The lowest BCUT2D eigenvalue weighted by molar-refractivity contribution is 0.627. The van der Waals surface area contributed by atoms with Crippen LogP contribution in [0.5, 0.6) is 0 Å². The summed E-state index contributed by atoms with van der Waals surface area (Å²) in [6.45, 7) is 0. The van der Waals surface area contributed by atoms with E-state index in [1.807, 2.05) is 0 Å². The minimum Gasteiger partial charge on any atom is -0.329 e. The molecule has 3 rings (SSSR count). The van der Waals surface area contributed by atoms with Gasteiger partial charge in [0.05, 0.1) is 20.9 Å². The molecule has 3 aromatic rings. The lowest BCUT2D eigenvalue weighted by Gasteiger charge is -2.07. The zero-order valence-corrected chi connectivity index (χ0v) is 12.9. The van der Waals surface area contributed by atoms with Crippen molar-refractivity contribution in [1.29, 1.82) is 0 Å². The van der Waals surface area contributed by atoms with E-state index in [1.54, 1.807) is 6.07 Å². The molecule has 2 aromatic carbocycles. The SMILES string of the molecule is Fc1cc(Cl)c(Nc2nc3ccc(F)cc3s2)c(Br)c1. The molecule has 0 saturated carbocycles. The molecule has 102 valence electrons. The number of anilines is 2. The van der Waals surface area contributed by atoms with Gasteiger partial charge in [0.1, 0.15) is 11.6 Å². The first-order valence-corrected chi connectivity index (χ1v) is 7.49. The Kier molecular flexibility index (Phi) is 3.62. The predicted molar refractivity (Wildman–Crippen MR) is 82.0 cm³/mol. The normalized spacial score (nSPS) is 11.0. The molecular formula is C13H6BrClF2N2S. The zero-order chi connectivity index (χ0) is 14.3. The van der Waals surface area contributed by atoms with Crippen molar-refractivity contribution >= 4 is 59.9 Å². The van der Waals surface area contributed by atoms with Gasteiger partial charge in [-0.15, -0.1) is 0 Å². The Bertz CT molecular complexity index is 783. The van der Waals surface area contributed by atoms with Crippen LogP contribution in [0.15, 0.2) is 34.8 Å². The summed E-state index contributed by atoms with van der Waals surface area (Å²) in [7, 11) is 0. The van der Waals surface area contributed by atoms with E-state index in [2.05, 4.69) is 26.2 Å². The summed E-state index contributed by atoms with van der Waals surface area (Å²) in [5.74, 6) is -0.743. The van der Waals surface area contributed by atoms with E-state index < -0.39 is 5.82 Å². The van der Waals surface area contributed by atoms with Gasteiger partial charge < -0.3 is 5.32 Å². The molecule has 0 aliphatic heterocycles. The Morgan fingerprint density at radius 3 is 2.70 bits per heavy atom. The van der Waals surface area contributed by atoms with Crippen molar-refractivity contribution in [2.75, 3.05) is 5.32 Å². The number of fused-ring (bicyclic) bond motifs is 1. The highest BCUT2D eigenvalue weighted by molar-refractivity contribution is 9.10. The first-order chi connectivity index (χ1) is 9.52. The smallest absolute Gasteiger partial charge is 0.188 e. The van der Waals surface area contributed by atoms with E-state index in [-0.39, 0.29) is 10.8 Å². The number of hydrogen-bond acceptors (Lipinski definition) is 3. The van der Waals surface area contributed by atoms with Gasteiger partial charge in [-0.25, -0.2) is 13.8 Å². The van der Waals surface area contributed by atoms with Crippen molar-refractivity contribution in [3.8, 4) is 0 Å². The van der Waals surface area contributed by atoms with E-state index in [1.165, 1.54) is 35.6 Å². The molecule has 1 heterocycles. The molecule has 7 heteroatoms. The topological polar surface area (TPSA) is 24.9 Å². The lowest BCUT2D eigenvalue weighted by atomic mass is 10.3. The van der Waals surface area contributed by atoms with Gasteiger partial charge in [-0.05, 0) is 46.3 Å². The third-order valence-electron chi connectivity index (χ3n) is 2.59. The van der Waals surface area contributed by atoms with Crippen LogP contribution in [0, 0.1) is 11.6 Å². The van der Waals surface area contributed by atoms with Crippen LogP contribution in [0.25, 0.3) is 10.2 Å². The first kappa shape index (κ1) is 13.7. The maximum absolute atomic E-state index is 13.2. The molecule has 0 radical (unpaired) electrons. The zero-order valence-electron chi connectivity index (χ0n) is 9.75. The molecule has 0 amide bonds. The van der Waals surface area contributed by atoms with Crippen LogP contribution in [0.1, 0.15) is 0 Å². The summed E-state index contributed by atoms with van der Waals surface area (Å²) in [6.07, 6.45) is 0. The fraction of sp³-hybridized carbons (Fsp3) is 0. The van der Waals surface area contributed by atoms with Gasteiger partial charge in [0.25, 0.3) is 0 Å². The molecule has 0 aliphatic carbocycles. The van der Waals surface area contributed by atoms with Crippen LogP contribution < -0.4 is 5.32 Å². The van der Waals surface area contributed by atoms with Crippen LogP contribution in [0.4, 0.5) is 19.6 Å². The highest BCUT2D eigenvalue weighted by Crippen LogP contribution is 2.36. The first-order valence-electron chi connectivity index (χ1n) is 5.50. The number of aromatic nitrogens is 1. The summed E-state index contributed by atoms with van der Waals surface area (Å²) < 4.78 is 27.5. The minimum atomic E-state index is -0.432. The van der Waals surface area contributed by atoms with E-state index >= 15 is 0 Å². The Balaban J connectivity index is 2.01. The Labute approximate surface area is 130 Å². The largest absolute Gasteiger partial charge is 0.329 e. The van der Waals surface area contributed by atoms with E-state index in [0.717, 1.165) is 4.70 Å². The number of rotatable bonds is 2. The monoisotopic (exact) mass is 374 g/mol. The molecule has 0 fully saturated rings. The van der Waals surface area contributed by atoms with Crippen molar-refractivity contribution in [2.24, 2.45) is 0 Å². The number of nitrogens with zero attached hydrogens (tertiary/aromatic N) is 1. The Morgan fingerprint density at radius 1 is 1.15 bits per heavy atom. The number of halogens is 4. The Morgan fingerprint density at radius 2 is 1.95 bits per heavy atom. The van der Waals surface area contributed by atoms with Gasteiger partial charge in [0.2, 0.25) is 0 Å².